The maximum atomic E-state index is 13.3. The quantitative estimate of drug-likeness (QED) is 0.705. The van der Waals surface area contributed by atoms with E-state index in [0.29, 0.717) is 0 Å². The lowest BCUT2D eigenvalue weighted by molar-refractivity contribution is -0.0759. The molecular formula is C10H11F2NO2. The Morgan fingerprint density at radius 2 is 1.93 bits per heavy atom. The van der Waals surface area contributed by atoms with Gasteiger partial charge in [0.15, 0.2) is 0 Å². The van der Waals surface area contributed by atoms with Crippen molar-refractivity contribution in [3.63, 3.8) is 0 Å². The zero-order valence-corrected chi connectivity index (χ0v) is 8.67. The third-order valence-corrected chi connectivity index (χ3v) is 2.04. The smallest absolute Gasteiger partial charge is 0.274 e. The molecule has 0 aliphatic carbocycles. The summed E-state index contributed by atoms with van der Waals surface area (Å²) in [6.07, 6.45) is 0. The molecule has 0 heterocycles. The van der Waals surface area contributed by atoms with Gasteiger partial charge in [-0.15, -0.1) is 0 Å². The van der Waals surface area contributed by atoms with Crippen molar-refractivity contribution in [2.45, 2.75) is 6.92 Å². The number of benzene rings is 1. The molecule has 0 aromatic heterocycles. The second-order valence-corrected chi connectivity index (χ2v) is 3.07. The molecule has 0 fully saturated rings. The highest BCUT2D eigenvalue weighted by atomic mass is 19.1. The van der Waals surface area contributed by atoms with Crippen LogP contribution in [0, 0.1) is 18.6 Å². The minimum absolute atomic E-state index is 0.157. The summed E-state index contributed by atoms with van der Waals surface area (Å²) in [6, 6.07) is 1.84. The second kappa shape index (κ2) is 4.35. The average molecular weight is 215 g/mol. The van der Waals surface area contributed by atoms with Gasteiger partial charge in [0.25, 0.3) is 5.91 Å². The number of carbonyl (C=O) groups excluding carboxylic acids is 1. The van der Waals surface area contributed by atoms with Gasteiger partial charge in [-0.3, -0.25) is 9.63 Å². The number of aryl methyl sites for hydroxylation is 1. The largest absolute Gasteiger partial charge is 0.280 e. The summed E-state index contributed by atoms with van der Waals surface area (Å²) in [5, 5.41) is 0.827. The van der Waals surface area contributed by atoms with Crippen LogP contribution in [0.4, 0.5) is 8.78 Å². The van der Waals surface area contributed by atoms with Gasteiger partial charge in [0.2, 0.25) is 0 Å². The molecule has 0 N–H and O–H groups in total. The third-order valence-electron chi connectivity index (χ3n) is 2.04. The Hall–Kier alpha value is -1.49. The fourth-order valence-corrected chi connectivity index (χ4v) is 1.06. The second-order valence-electron chi connectivity index (χ2n) is 3.07. The van der Waals surface area contributed by atoms with Gasteiger partial charge in [0.1, 0.15) is 11.6 Å². The summed E-state index contributed by atoms with van der Waals surface area (Å²) < 4.78 is 26.4. The Morgan fingerprint density at radius 1 is 1.33 bits per heavy atom. The highest BCUT2D eigenvalue weighted by Crippen LogP contribution is 2.15. The Bertz CT molecular complexity index is 393. The summed E-state index contributed by atoms with van der Waals surface area (Å²) in [5.41, 5.74) is -0.188. The molecule has 0 aliphatic rings. The van der Waals surface area contributed by atoms with Gasteiger partial charge in [-0.05, 0) is 24.6 Å². The van der Waals surface area contributed by atoms with E-state index in [1.807, 2.05) is 0 Å². The molecule has 15 heavy (non-hydrogen) atoms. The predicted molar refractivity (Wildman–Crippen MR) is 50.2 cm³/mol. The summed E-state index contributed by atoms with van der Waals surface area (Å²) in [5.74, 6) is -2.11. The normalized spacial score (nSPS) is 10.2. The van der Waals surface area contributed by atoms with Gasteiger partial charge in [0, 0.05) is 7.05 Å². The van der Waals surface area contributed by atoms with Crippen LogP contribution >= 0.6 is 0 Å². The molecule has 0 saturated heterocycles. The van der Waals surface area contributed by atoms with Crippen molar-refractivity contribution >= 4 is 5.91 Å². The third kappa shape index (κ3) is 2.30. The monoisotopic (exact) mass is 215 g/mol. The van der Waals surface area contributed by atoms with Crippen molar-refractivity contribution in [3.8, 4) is 0 Å². The topological polar surface area (TPSA) is 29.5 Å². The highest BCUT2D eigenvalue weighted by Gasteiger charge is 2.18. The van der Waals surface area contributed by atoms with Crippen molar-refractivity contribution in [1.29, 1.82) is 0 Å². The summed E-state index contributed by atoms with van der Waals surface area (Å²) in [6.45, 7) is 1.42. The standard InChI is InChI=1S/C10H11F2NO2/c1-6-4-9(12)7(5-8(6)11)10(14)13(2)15-3/h4-5H,1-3H3. The molecule has 1 amide bonds. The van der Waals surface area contributed by atoms with Crippen LogP contribution in [0.2, 0.25) is 0 Å². The van der Waals surface area contributed by atoms with Crippen LogP contribution in [0.15, 0.2) is 12.1 Å². The summed E-state index contributed by atoms with van der Waals surface area (Å²) in [4.78, 5) is 16.0. The number of carbonyl (C=O) groups is 1. The summed E-state index contributed by atoms with van der Waals surface area (Å²) in [7, 11) is 2.58. The van der Waals surface area contributed by atoms with E-state index in [4.69, 9.17) is 0 Å². The Balaban J connectivity index is 3.15. The molecule has 0 bridgehead atoms. The van der Waals surface area contributed by atoms with Gasteiger partial charge in [0.05, 0.1) is 12.7 Å². The molecule has 0 atom stereocenters. The fourth-order valence-electron chi connectivity index (χ4n) is 1.06. The van der Waals surface area contributed by atoms with Gasteiger partial charge >= 0.3 is 0 Å². The molecule has 0 spiro atoms. The van der Waals surface area contributed by atoms with E-state index in [1.54, 1.807) is 0 Å². The van der Waals surface area contributed by atoms with Crippen LogP contribution in [-0.4, -0.2) is 25.1 Å². The van der Waals surface area contributed by atoms with Crippen molar-refractivity contribution < 1.29 is 18.4 Å². The van der Waals surface area contributed by atoms with E-state index < -0.39 is 17.5 Å². The lowest BCUT2D eigenvalue weighted by Crippen LogP contribution is -2.26. The molecule has 5 heteroatoms. The number of nitrogens with zero attached hydrogens (tertiary/aromatic N) is 1. The van der Waals surface area contributed by atoms with Crippen LogP contribution in [0.25, 0.3) is 0 Å². The number of amides is 1. The van der Waals surface area contributed by atoms with Crippen LogP contribution in [0.1, 0.15) is 15.9 Å². The first-order valence-corrected chi connectivity index (χ1v) is 4.25. The van der Waals surface area contributed by atoms with Crippen molar-refractivity contribution in [3.05, 3.63) is 34.9 Å². The fraction of sp³-hybridized carbons (Fsp3) is 0.300. The van der Waals surface area contributed by atoms with Crippen molar-refractivity contribution in [1.82, 2.24) is 5.06 Å². The van der Waals surface area contributed by atoms with E-state index >= 15 is 0 Å². The van der Waals surface area contributed by atoms with Crippen LogP contribution < -0.4 is 0 Å². The van der Waals surface area contributed by atoms with E-state index in [1.165, 1.54) is 21.1 Å². The lowest BCUT2D eigenvalue weighted by atomic mass is 10.1. The number of hydroxylamine groups is 2. The minimum atomic E-state index is -0.761. The number of hydrogen-bond acceptors (Lipinski definition) is 2. The summed E-state index contributed by atoms with van der Waals surface area (Å²) >= 11 is 0. The van der Waals surface area contributed by atoms with E-state index in [-0.39, 0.29) is 11.1 Å². The number of hydrogen-bond donors (Lipinski definition) is 0. The van der Waals surface area contributed by atoms with Crippen LogP contribution in [-0.2, 0) is 4.84 Å². The molecule has 1 aromatic carbocycles. The SMILES string of the molecule is CON(C)C(=O)c1cc(F)c(C)cc1F. The number of halogens is 2. The van der Waals surface area contributed by atoms with Gasteiger partial charge < -0.3 is 0 Å². The Labute approximate surface area is 86.2 Å². The van der Waals surface area contributed by atoms with Gasteiger partial charge in [-0.2, -0.15) is 0 Å². The highest BCUT2D eigenvalue weighted by molar-refractivity contribution is 5.93. The predicted octanol–water partition coefficient (Wildman–Crippen LogP) is 1.91. The zero-order valence-electron chi connectivity index (χ0n) is 8.67. The molecule has 0 radical (unpaired) electrons. The maximum absolute atomic E-state index is 13.3. The minimum Gasteiger partial charge on any atom is -0.274 e. The molecule has 0 unspecified atom stereocenters. The molecule has 1 aromatic rings. The molecule has 82 valence electrons. The average Bonchev–Trinajstić information content (AvgIpc) is 2.21. The Kier molecular flexibility index (Phi) is 3.36. The van der Waals surface area contributed by atoms with E-state index in [0.717, 1.165) is 17.2 Å². The molecule has 3 nitrogen and oxygen atoms in total. The van der Waals surface area contributed by atoms with Gasteiger partial charge in [-0.1, -0.05) is 0 Å². The zero-order chi connectivity index (χ0) is 11.6. The van der Waals surface area contributed by atoms with E-state index in [9.17, 15) is 13.6 Å². The lowest BCUT2D eigenvalue weighted by Gasteiger charge is -2.14. The first kappa shape index (κ1) is 11.6. The maximum Gasteiger partial charge on any atom is 0.280 e. The Morgan fingerprint density at radius 3 is 2.47 bits per heavy atom. The molecular weight excluding hydrogens is 204 g/mol. The number of rotatable bonds is 2. The van der Waals surface area contributed by atoms with Crippen molar-refractivity contribution in [2.24, 2.45) is 0 Å². The first-order valence-electron chi connectivity index (χ1n) is 4.25. The molecule has 0 saturated carbocycles. The first-order chi connectivity index (χ1) is 6.97. The van der Waals surface area contributed by atoms with Crippen LogP contribution in [0.3, 0.4) is 0 Å². The van der Waals surface area contributed by atoms with Crippen molar-refractivity contribution in [2.75, 3.05) is 14.2 Å². The van der Waals surface area contributed by atoms with Gasteiger partial charge in [-0.25, -0.2) is 13.8 Å². The van der Waals surface area contributed by atoms with E-state index in [2.05, 4.69) is 4.84 Å². The molecule has 0 aliphatic heterocycles. The van der Waals surface area contributed by atoms with Crippen LogP contribution in [0.5, 0.6) is 0 Å². The molecule has 1 rings (SSSR count).